The highest BCUT2D eigenvalue weighted by Gasteiger charge is 2.19. The predicted molar refractivity (Wildman–Crippen MR) is 76.9 cm³/mol. The molecule has 0 aromatic heterocycles. The van der Waals surface area contributed by atoms with Crippen LogP contribution >= 0.6 is 15.9 Å². The minimum absolute atomic E-state index is 0.0613. The monoisotopic (exact) mass is 345 g/mol. The lowest BCUT2D eigenvalue weighted by Gasteiger charge is -2.14. The average Bonchev–Trinajstić information content (AvgIpc) is 2.38. The molecule has 1 aromatic rings. The molecular formula is C14H17BrFNO3. The Bertz CT molecular complexity index is 493. The molecule has 0 radical (unpaired) electrons. The summed E-state index contributed by atoms with van der Waals surface area (Å²) in [6.45, 7) is 1.95. The molecule has 6 heteroatoms. The van der Waals surface area contributed by atoms with Gasteiger partial charge in [0.2, 0.25) is 5.91 Å². The normalized spacial score (nSPS) is 11.9. The van der Waals surface area contributed by atoms with Crippen molar-refractivity contribution in [1.29, 1.82) is 0 Å². The van der Waals surface area contributed by atoms with Crippen molar-refractivity contribution in [3.05, 3.63) is 34.1 Å². The maximum atomic E-state index is 13.1. The summed E-state index contributed by atoms with van der Waals surface area (Å²) in [5.74, 6) is -1.92. The summed E-state index contributed by atoms with van der Waals surface area (Å²) in [5, 5.41) is 11.5. The van der Waals surface area contributed by atoms with Crippen molar-refractivity contribution in [2.45, 2.75) is 38.6 Å². The molecule has 1 aromatic carbocycles. The first-order valence-corrected chi connectivity index (χ1v) is 7.19. The summed E-state index contributed by atoms with van der Waals surface area (Å²) >= 11 is 3.23. The molecule has 0 unspecified atom stereocenters. The Morgan fingerprint density at radius 3 is 2.75 bits per heavy atom. The van der Waals surface area contributed by atoms with E-state index in [0.29, 0.717) is 16.5 Å². The second-order valence-electron chi connectivity index (χ2n) is 4.51. The van der Waals surface area contributed by atoms with Crippen LogP contribution in [0.15, 0.2) is 22.7 Å². The number of carbonyl (C=O) groups is 2. The zero-order chi connectivity index (χ0) is 15.1. The highest BCUT2D eigenvalue weighted by molar-refractivity contribution is 9.10. The van der Waals surface area contributed by atoms with E-state index in [1.54, 1.807) is 0 Å². The summed E-state index contributed by atoms with van der Waals surface area (Å²) in [4.78, 5) is 22.9. The van der Waals surface area contributed by atoms with Gasteiger partial charge in [-0.15, -0.1) is 0 Å². The topological polar surface area (TPSA) is 66.4 Å². The number of hydrogen-bond donors (Lipinski definition) is 2. The van der Waals surface area contributed by atoms with Crippen molar-refractivity contribution in [2.24, 2.45) is 0 Å². The number of aliphatic carboxylic acids is 1. The Morgan fingerprint density at radius 1 is 1.45 bits per heavy atom. The number of carboxylic acid groups (broad SMARTS) is 1. The Labute approximate surface area is 125 Å². The van der Waals surface area contributed by atoms with E-state index in [2.05, 4.69) is 21.2 Å². The molecule has 2 N–H and O–H groups in total. The molecule has 0 spiro atoms. The van der Waals surface area contributed by atoms with Crippen LogP contribution in [0.4, 0.5) is 4.39 Å². The molecule has 0 bridgehead atoms. The van der Waals surface area contributed by atoms with E-state index in [1.165, 1.54) is 18.2 Å². The fraction of sp³-hybridized carbons (Fsp3) is 0.429. The average molecular weight is 346 g/mol. The van der Waals surface area contributed by atoms with Gasteiger partial charge in [0.1, 0.15) is 11.9 Å². The number of carbonyl (C=O) groups excluding carboxylic acids is 1. The molecule has 0 aliphatic heterocycles. The first kappa shape index (κ1) is 16.6. The zero-order valence-corrected chi connectivity index (χ0v) is 12.7. The van der Waals surface area contributed by atoms with E-state index in [9.17, 15) is 14.0 Å². The molecular weight excluding hydrogens is 329 g/mol. The van der Waals surface area contributed by atoms with Gasteiger partial charge in [-0.05, 0) is 30.2 Å². The number of rotatable bonds is 7. The minimum Gasteiger partial charge on any atom is -0.480 e. The molecule has 0 saturated heterocycles. The summed E-state index contributed by atoms with van der Waals surface area (Å²) in [6.07, 6.45) is 1.91. The van der Waals surface area contributed by atoms with Crippen LogP contribution in [-0.4, -0.2) is 23.0 Å². The van der Waals surface area contributed by atoms with Gasteiger partial charge in [0, 0.05) is 4.47 Å². The summed E-state index contributed by atoms with van der Waals surface area (Å²) < 4.78 is 13.7. The molecule has 0 aliphatic carbocycles. The third-order valence-electron chi connectivity index (χ3n) is 2.84. The second-order valence-corrected chi connectivity index (χ2v) is 5.37. The largest absolute Gasteiger partial charge is 0.480 e. The van der Waals surface area contributed by atoms with Gasteiger partial charge in [0.15, 0.2) is 0 Å². The van der Waals surface area contributed by atoms with Crippen LogP contribution in [0, 0.1) is 5.82 Å². The maximum Gasteiger partial charge on any atom is 0.326 e. The van der Waals surface area contributed by atoms with Crippen LogP contribution in [0.3, 0.4) is 0 Å². The Balaban J connectivity index is 2.65. The number of unbranched alkanes of at least 4 members (excludes halogenated alkanes) is 1. The van der Waals surface area contributed by atoms with Crippen molar-refractivity contribution >= 4 is 27.8 Å². The first-order valence-electron chi connectivity index (χ1n) is 6.40. The van der Waals surface area contributed by atoms with Gasteiger partial charge in [-0.3, -0.25) is 4.79 Å². The molecule has 1 amide bonds. The Morgan fingerprint density at radius 2 is 2.15 bits per heavy atom. The lowest BCUT2D eigenvalue weighted by molar-refractivity contribution is -0.142. The van der Waals surface area contributed by atoms with E-state index >= 15 is 0 Å². The van der Waals surface area contributed by atoms with Gasteiger partial charge in [0.05, 0.1) is 6.42 Å². The van der Waals surface area contributed by atoms with Crippen LogP contribution in [0.5, 0.6) is 0 Å². The van der Waals surface area contributed by atoms with Crippen LogP contribution in [-0.2, 0) is 16.0 Å². The molecule has 1 rings (SSSR count). The Hall–Kier alpha value is -1.43. The van der Waals surface area contributed by atoms with Crippen LogP contribution in [0.2, 0.25) is 0 Å². The fourth-order valence-electron chi connectivity index (χ4n) is 1.76. The first-order chi connectivity index (χ1) is 9.43. The third-order valence-corrected chi connectivity index (χ3v) is 3.61. The standard InChI is InChI=1S/C14H17BrFNO3/c1-2-3-4-12(14(19)20)17-13(18)8-9-7-10(16)5-6-11(9)15/h5-7,12H,2-4,8H2,1H3,(H,17,18)(H,19,20)/t12-/m0/s1. The van der Waals surface area contributed by atoms with Crippen LogP contribution < -0.4 is 5.32 Å². The smallest absolute Gasteiger partial charge is 0.326 e. The van der Waals surface area contributed by atoms with Gasteiger partial charge in [-0.1, -0.05) is 35.7 Å². The van der Waals surface area contributed by atoms with Gasteiger partial charge < -0.3 is 10.4 Å². The highest BCUT2D eigenvalue weighted by atomic mass is 79.9. The lowest BCUT2D eigenvalue weighted by Crippen LogP contribution is -2.41. The van der Waals surface area contributed by atoms with E-state index in [1.807, 2.05) is 6.92 Å². The lowest BCUT2D eigenvalue weighted by atomic mass is 10.1. The summed E-state index contributed by atoms with van der Waals surface area (Å²) in [6, 6.07) is 3.16. The van der Waals surface area contributed by atoms with Gasteiger partial charge in [-0.25, -0.2) is 9.18 Å². The molecule has 20 heavy (non-hydrogen) atoms. The molecule has 0 fully saturated rings. The number of amides is 1. The summed E-state index contributed by atoms with van der Waals surface area (Å²) in [5.41, 5.74) is 0.488. The maximum absolute atomic E-state index is 13.1. The van der Waals surface area contributed by atoms with E-state index < -0.39 is 23.7 Å². The molecule has 4 nitrogen and oxygen atoms in total. The molecule has 1 atom stereocenters. The van der Waals surface area contributed by atoms with E-state index in [4.69, 9.17) is 5.11 Å². The zero-order valence-electron chi connectivity index (χ0n) is 11.2. The minimum atomic E-state index is -1.05. The molecule has 0 aliphatic rings. The van der Waals surface area contributed by atoms with Crippen molar-refractivity contribution < 1.29 is 19.1 Å². The van der Waals surface area contributed by atoms with Crippen molar-refractivity contribution in [3.63, 3.8) is 0 Å². The molecule has 0 heterocycles. The molecule has 110 valence electrons. The number of nitrogens with one attached hydrogen (secondary N) is 1. The molecule has 0 saturated carbocycles. The number of carboxylic acids is 1. The van der Waals surface area contributed by atoms with E-state index in [0.717, 1.165) is 12.8 Å². The van der Waals surface area contributed by atoms with Gasteiger partial charge >= 0.3 is 5.97 Å². The summed E-state index contributed by atoms with van der Waals surface area (Å²) in [7, 11) is 0. The Kier molecular flexibility index (Phi) is 6.64. The van der Waals surface area contributed by atoms with E-state index in [-0.39, 0.29) is 6.42 Å². The third kappa shape index (κ3) is 5.28. The van der Waals surface area contributed by atoms with Crippen molar-refractivity contribution in [2.75, 3.05) is 0 Å². The van der Waals surface area contributed by atoms with Crippen molar-refractivity contribution in [1.82, 2.24) is 5.32 Å². The highest BCUT2D eigenvalue weighted by Crippen LogP contribution is 2.18. The predicted octanol–water partition coefficient (Wildman–Crippen LogP) is 2.89. The van der Waals surface area contributed by atoms with Crippen molar-refractivity contribution in [3.8, 4) is 0 Å². The number of benzene rings is 1. The quantitative estimate of drug-likeness (QED) is 0.798. The van der Waals surface area contributed by atoms with Crippen LogP contribution in [0.25, 0.3) is 0 Å². The second kappa shape index (κ2) is 7.99. The SMILES string of the molecule is CCCC[C@H](NC(=O)Cc1cc(F)ccc1Br)C(=O)O. The van der Waals surface area contributed by atoms with Crippen LogP contribution in [0.1, 0.15) is 31.7 Å². The van der Waals surface area contributed by atoms with Gasteiger partial charge in [-0.2, -0.15) is 0 Å². The number of halogens is 2. The number of hydrogen-bond acceptors (Lipinski definition) is 2. The fourth-order valence-corrected chi connectivity index (χ4v) is 2.15. The van der Waals surface area contributed by atoms with Gasteiger partial charge in [0.25, 0.3) is 0 Å².